The molecule has 0 aromatic heterocycles. The standard InChI is InChI=1S/C55H69NO7/c1-35(2)41-20-17-36(3)29-46(41)63-50(59)56(33-38-18-19-40(61-6)30-45(38)62-7)34-54(60)26-23-48-52(54,5)25-22-47-51(4)24-21-39(57)31-53(51)27-28-55(47,48)44(32-53)49(58)43-16-12-11-15-42(43)37-13-9-8-10-14-37/h8-16,18-19,27-28,30,32,35-36,39,41,46-48,57,60H,17,20-26,29,31,33-34H2,1-7H3. The maximum atomic E-state index is 15.7. The SMILES string of the molecule is COc1ccc(CN(CC2(O)CCC3C45C=CC6(C=C4C(=O)c4ccccc4-c4ccccc4)CC(O)CCC6(C)C5CCC32C)C(=O)OC2CC(C)CCC2C(C)C)c(OC)c1. The van der Waals surface area contributed by atoms with Gasteiger partial charge in [-0.2, -0.15) is 0 Å². The van der Waals surface area contributed by atoms with Gasteiger partial charge >= 0.3 is 6.09 Å². The lowest BCUT2D eigenvalue weighted by Crippen LogP contribution is -2.67. The monoisotopic (exact) mass is 856 g/mol. The molecule has 7 aliphatic rings. The first kappa shape index (κ1) is 43.8. The van der Waals surface area contributed by atoms with Crippen LogP contribution in [-0.2, 0) is 11.3 Å². The van der Waals surface area contributed by atoms with E-state index in [-0.39, 0.29) is 48.1 Å². The molecule has 8 heteroatoms. The molecule has 63 heavy (non-hydrogen) atoms. The molecular weight excluding hydrogens is 787 g/mol. The number of fused-ring (bicyclic) bond motifs is 1. The molecule has 3 aromatic carbocycles. The van der Waals surface area contributed by atoms with E-state index < -0.39 is 34.0 Å². The van der Waals surface area contributed by atoms with Crippen LogP contribution in [0.15, 0.2) is 96.6 Å². The number of aliphatic hydroxyl groups is 2. The van der Waals surface area contributed by atoms with Crippen molar-refractivity contribution >= 4 is 11.9 Å². The van der Waals surface area contributed by atoms with Crippen molar-refractivity contribution in [2.45, 2.75) is 123 Å². The Morgan fingerprint density at radius 2 is 1.56 bits per heavy atom. The first-order chi connectivity index (χ1) is 30.1. The second kappa shape index (κ2) is 16.2. The fraction of sp³-hybridized carbons (Fsp3) is 0.564. The number of hydrogen-bond acceptors (Lipinski definition) is 7. The van der Waals surface area contributed by atoms with E-state index >= 15 is 4.79 Å². The van der Waals surface area contributed by atoms with Gasteiger partial charge in [-0.05, 0) is 116 Å². The number of aliphatic hydroxyl groups excluding tert-OH is 1. The Labute approximate surface area is 375 Å². The van der Waals surface area contributed by atoms with Crippen LogP contribution in [0, 0.1) is 51.2 Å². The lowest BCUT2D eigenvalue weighted by Gasteiger charge is -2.71. The zero-order valence-electron chi connectivity index (χ0n) is 38.6. The summed E-state index contributed by atoms with van der Waals surface area (Å²) in [6, 6.07) is 23.8. The third-order valence-electron chi connectivity index (χ3n) is 18.0. The van der Waals surface area contributed by atoms with Gasteiger partial charge in [0.1, 0.15) is 17.6 Å². The van der Waals surface area contributed by atoms with Gasteiger partial charge < -0.3 is 29.3 Å². The molecule has 10 rings (SSSR count). The van der Waals surface area contributed by atoms with E-state index in [4.69, 9.17) is 14.2 Å². The average Bonchev–Trinajstić information content (AvgIpc) is 3.55. The molecule has 3 aromatic rings. The van der Waals surface area contributed by atoms with Gasteiger partial charge in [0.25, 0.3) is 0 Å². The summed E-state index contributed by atoms with van der Waals surface area (Å²) in [5.41, 5.74) is 0.989. The summed E-state index contributed by atoms with van der Waals surface area (Å²) in [5.74, 6) is 2.45. The van der Waals surface area contributed by atoms with E-state index in [1.807, 2.05) is 60.7 Å². The molecule has 11 atom stereocenters. The van der Waals surface area contributed by atoms with Crippen molar-refractivity contribution in [3.63, 3.8) is 0 Å². The predicted octanol–water partition coefficient (Wildman–Crippen LogP) is 11.2. The van der Waals surface area contributed by atoms with Gasteiger partial charge in [-0.25, -0.2) is 4.79 Å². The number of nitrogens with zero attached hydrogens (tertiary/aromatic N) is 1. The minimum Gasteiger partial charge on any atom is -0.497 e. The Kier molecular flexibility index (Phi) is 11.3. The Hall–Kier alpha value is -4.40. The van der Waals surface area contributed by atoms with E-state index in [0.29, 0.717) is 48.2 Å². The fourth-order valence-electron chi connectivity index (χ4n) is 14.4. The van der Waals surface area contributed by atoms with Gasteiger partial charge in [0.2, 0.25) is 0 Å². The highest BCUT2D eigenvalue weighted by Crippen LogP contribution is 2.78. The molecule has 11 unspecified atom stereocenters. The van der Waals surface area contributed by atoms with Crippen LogP contribution in [-0.4, -0.2) is 65.6 Å². The van der Waals surface area contributed by atoms with Crippen LogP contribution in [0.1, 0.15) is 115 Å². The zero-order valence-corrected chi connectivity index (χ0v) is 38.6. The van der Waals surface area contributed by atoms with Crippen LogP contribution in [0.4, 0.5) is 4.79 Å². The number of methoxy groups -OCH3 is 2. The van der Waals surface area contributed by atoms with Crippen LogP contribution < -0.4 is 9.47 Å². The van der Waals surface area contributed by atoms with Crippen molar-refractivity contribution in [3.05, 3.63) is 108 Å². The van der Waals surface area contributed by atoms with Gasteiger partial charge in [0.15, 0.2) is 5.78 Å². The first-order valence-corrected chi connectivity index (χ1v) is 23.8. The highest BCUT2D eigenvalue weighted by Gasteiger charge is 2.74. The Morgan fingerprint density at radius 3 is 2.30 bits per heavy atom. The van der Waals surface area contributed by atoms with Gasteiger partial charge in [-0.15, -0.1) is 0 Å². The number of carbonyl (C=O) groups excluding carboxylic acids is 2. The van der Waals surface area contributed by atoms with Crippen LogP contribution in [0.3, 0.4) is 0 Å². The Balaban J connectivity index is 1.12. The molecule has 0 aliphatic heterocycles. The lowest BCUT2D eigenvalue weighted by molar-refractivity contribution is -0.175. The largest absolute Gasteiger partial charge is 0.497 e. The summed E-state index contributed by atoms with van der Waals surface area (Å²) in [4.78, 5) is 32.3. The number of ketones is 1. The molecule has 0 radical (unpaired) electrons. The zero-order chi connectivity index (χ0) is 44.5. The minimum atomic E-state index is -1.28. The van der Waals surface area contributed by atoms with Crippen molar-refractivity contribution < 1.29 is 34.0 Å². The van der Waals surface area contributed by atoms with Gasteiger partial charge in [-0.3, -0.25) is 4.79 Å². The maximum absolute atomic E-state index is 15.7. The average molecular weight is 856 g/mol. The second-order valence-electron chi connectivity index (χ2n) is 21.3. The predicted molar refractivity (Wildman–Crippen MR) is 246 cm³/mol. The van der Waals surface area contributed by atoms with Crippen LogP contribution in [0.5, 0.6) is 11.5 Å². The van der Waals surface area contributed by atoms with Crippen molar-refractivity contribution in [2.24, 2.45) is 51.2 Å². The van der Waals surface area contributed by atoms with Crippen LogP contribution in [0.2, 0.25) is 0 Å². The molecule has 0 heterocycles. The summed E-state index contributed by atoms with van der Waals surface area (Å²) in [6.07, 6.45) is 13.9. The Morgan fingerprint density at radius 1 is 0.841 bits per heavy atom. The highest BCUT2D eigenvalue weighted by molar-refractivity contribution is 6.14. The number of hydrogen-bond donors (Lipinski definition) is 2. The number of allylic oxidation sites excluding steroid dienone is 4. The number of amides is 1. The van der Waals surface area contributed by atoms with E-state index in [1.54, 1.807) is 19.1 Å². The minimum absolute atomic E-state index is 0.0307. The molecule has 2 bridgehead atoms. The topological polar surface area (TPSA) is 106 Å². The third-order valence-corrected chi connectivity index (χ3v) is 18.0. The van der Waals surface area contributed by atoms with E-state index in [2.05, 4.69) is 65.0 Å². The number of rotatable bonds is 11. The van der Waals surface area contributed by atoms with Crippen molar-refractivity contribution in [1.29, 1.82) is 0 Å². The lowest BCUT2D eigenvalue weighted by atomic mass is 9.32. The molecular formula is C55H69NO7. The molecule has 0 saturated heterocycles. The summed E-state index contributed by atoms with van der Waals surface area (Å²) < 4.78 is 18.0. The number of Topliss-reactive ketones (excluding diaryl/α,β-unsaturated/α-hetero) is 1. The summed E-state index contributed by atoms with van der Waals surface area (Å²) in [5, 5.41) is 24.8. The summed E-state index contributed by atoms with van der Waals surface area (Å²) in [6.45, 7) is 11.6. The summed E-state index contributed by atoms with van der Waals surface area (Å²) >= 11 is 0. The van der Waals surface area contributed by atoms with Crippen LogP contribution >= 0.6 is 0 Å². The van der Waals surface area contributed by atoms with Gasteiger partial charge in [0.05, 0.1) is 39.0 Å². The van der Waals surface area contributed by atoms with Crippen molar-refractivity contribution in [1.82, 2.24) is 4.90 Å². The van der Waals surface area contributed by atoms with Gasteiger partial charge in [0, 0.05) is 39.0 Å². The molecule has 7 aliphatic carbocycles. The molecule has 8 nitrogen and oxygen atoms in total. The van der Waals surface area contributed by atoms with Crippen molar-refractivity contribution in [3.8, 4) is 22.6 Å². The molecule has 2 spiro atoms. The molecule has 4 saturated carbocycles. The molecule has 336 valence electrons. The molecule has 4 fully saturated rings. The Bertz CT molecular complexity index is 2290. The quantitative estimate of drug-likeness (QED) is 0.146. The first-order valence-electron chi connectivity index (χ1n) is 23.8. The third kappa shape index (κ3) is 6.90. The smallest absolute Gasteiger partial charge is 0.410 e. The maximum Gasteiger partial charge on any atom is 0.410 e. The number of benzene rings is 3. The number of carbonyl (C=O) groups is 2. The second-order valence-corrected chi connectivity index (χ2v) is 21.3. The fourth-order valence-corrected chi connectivity index (χ4v) is 14.4. The molecule has 2 N–H and O–H groups in total. The van der Waals surface area contributed by atoms with E-state index in [0.717, 1.165) is 67.2 Å². The highest BCUT2D eigenvalue weighted by atomic mass is 16.6. The summed E-state index contributed by atoms with van der Waals surface area (Å²) in [7, 11) is 3.25. The van der Waals surface area contributed by atoms with E-state index in [1.165, 1.54) is 0 Å². The van der Waals surface area contributed by atoms with Crippen molar-refractivity contribution in [2.75, 3.05) is 20.8 Å². The molecule has 1 amide bonds. The van der Waals surface area contributed by atoms with Gasteiger partial charge in [-0.1, -0.05) is 114 Å². The van der Waals surface area contributed by atoms with E-state index in [9.17, 15) is 15.0 Å². The number of ether oxygens (including phenoxy) is 3. The van der Waals surface area contributed by atoms with Crippen LogP contribution in [0.25, 0.3) is 11.1 Å². The normalized spacial score (nSPS) is 36.4.